The highest BCUT2D eigenvalue weighted by Gasteiger charge is 2.51. The topological polar surface area (TPSA) is 78.5 Å². The van der Waals surface area contributed by atoms with E-state index in [1.807, 2.05) is 0 Å². The van der Waals surface area contributed by atoms with Crippen LogP contribution >= 0.6 is 11.8 Å². The minimum Gasteiger partial charge on any atom is -0.325 e. The molecule has 2 aliphatic rings. The van der Waals surface area contributed by atoms with E-state index in [1.165, 1.54) is 24.3 Å². The molecule has 4 amide bonds. The van der Waals surface area contributed by atoms with Crippen molar-refractivity contribution < 1.29 is 23.2 Å². The standard InChI is InChI=1S/C18H21F2N3O3S/c19-16(20)27-13-7-5-12(6-8-13)21-14(24)11-23-15(25)18(22-17(23)26)9-3-1-2-4-10-18/h5-8,16H,1-4,9-11H2,(H,21,24)(H,22,26). The molecule has 3 rings (SSSR count). The highest BCUT2D eigenvalue weighted by Crippen LogP contribution is 2.32. The van der Waals surface area contributed by atoms with Crippen LogP contribution in [-0.4, -0.2) is 40.6 Å². The first-order chi connectivity index (χ1) is 12.9. The lowest BCUT2D eigenvalue weighted by Gasteiger charge is -2.24. The lowest BCUT2D eigenvalue weighted by Crippen LogP contribution is -2.47. The van der Waals surface area contributed by atoms with Gasteiger partial charge in [-0.3, -0.25) is 14.5 Å². The van der Waals surface area contributed by atoms with Crippen LogP contribution in [0.2, 0.25) is 0 Å². The number of amides is 4. The van der Waals surface area contributed by atoms with Crippen LogP contribution in [0.5, 0.6) is 0 Å². The van der Waals surface area contributed by atoms with Crippen LogP contribution in [0.1, 0.15) is 38.5 Å². The molecule has 1 aliphatic heterocycles. The van der Waals surface area contributed by atoms with Gasteiger partial charge in [-0.25, -0.2) is 4.79 Å². The molecule has 2 N–H and O–H groups in total. The number of rotatable bonds is 5. The van der Waals surface area contributed by atoms with E-state index in [0.29, 0.717) is 35.2 Å². The van der Waals surface area contributed by atoms with E-state index in [-0.39, 0.29) is 12.5 Å². The number of hydrogen-bond acceptors (Lipinski definition) is 4. The summed E-state index contributed by atoms with van der Waals surface area (Å²) in [6.45, 7) is -0.375. The number of nitrogens with one attached hydrogen (secondary N) is 2. The smallest absolute Gasteiger partial charge is 0.325 e. The Kier molecular flexibility index (Phi) is 5.98. The third-order valence-electron chi connectivity index (χ3n) is 4.87. The molecule has 0 bridgehead atoms. The maximum Gasteiger partial charge on any atom is 0.325 e. The number of thioether (sulfide) groups is 1. The summed E-state index contributed by atoms with van der Waals surface area (Å²) in [4.78, 5) is 38.6. The second-order valence-electron chi connectivity index (χ2n) is 6.77. The van der Waals surface area contributed by atoms with E-state index < -0.39 is 23.2 Å². The summed E-state index contributed by atoms with van der Waals surface area (Å²) in [6.07, 6.45) is 5.00. The predicted octanol–water partition coefficient (Wildman–Crippen LogP) is 3.58. The molecule has 1 aliphatic carbocycles. The van der Waals surface area contributed by atoms with Gasteiger partial charge in [0, 0.05) is 10.6 Å². The summed E-state index contributed by atoms with van der Waals surface area (Å²) in [7, 11) is 0. The predicted molar refractivity (Wildman–Crippen MR) is 97.6 cm³/mol. The second kappa shape index (κ2) is 8.24. The molecule has 9 heteroatoms. The molecule has 1 spiro atoms. The third-order valence-corrected chi connectivity index (χ3v) is 5.59. The SMILES string of the molecule is O=C(CN1C(=O)NC2(CCCCCC2)C1=O)Nc1ccc(SC(F)F)cc1. The van der Waals surface area contributed by atoms with E-state index in [9.17, 15) is 23.2 Å². The summed E-state index contributed by atoms with van der Waals surface area (Å²) in [5, 5.41) is 5.37. The van der Waals surface area contributed by atoms with E-state index >= 15 is 0 Å². The fourth-order valence-corrected chi connectivity index (χ4v) is 4.05. The van der Waals surface area contributed by atoms with Gasteiger partial charge in [-0.2, -0.15) is 8.78 Å². The quantitative estimate of drug-likeness (QED) is 0.588. The van der Waals surface area contributed by atoms with Crippen molar-refractivity contribution in [2.45, 2.75) is 54.7 Å². The van der Waals surface area contributed by atoms with Gasteiger partial charge in [0.2, 0.25) is 5.91 Å². The van der Waals surface area contributed by atoms with Gasteiger partial charge in [-0.1, -0.05) is 37.4 Å². The van der Waals surface area contributed by atoms with Gasteiger partial charge in [0.15, 0.2) is 0 Å². The Morgan fingerprint density at radius 3 is 2.37 bits per heavy atom. The highest BCUT2D eigenvalue weighted by atomic mass is 32.2. The van der Waals surface area contributed by atoms with E-state index in [2.05, 4.69) is 10.6 Å². The highest BCUT2D eigenvalue weighted by molar-refractivity contribution is 7.99. The number of carbonyl (C=O) groups is 3. The molecule has 0 aromatic heterocycles. The zero-order chi connectivity index (χ0) is 19.4. The van der Waals surface area contributed by atoms with Gasteiger partial charge in [-0.15, -0.1) is 0 Å². The number of benzene rings is 1. The molecule has 146 valence electrons. The molecule has 1 saturated heterocycles. The molecule has 0 unspecified atom stereocenters. The maximum absolute atomic E-state index is 12.8. The zero-order valence-corrected chi connectivity index (χ0v) is 15.5. The van der Waals surface area contributed by atoms with Crippen molar-refractivity contribution >= 4 is 35.3 Å². The number of carbonyl (C=O) groups excluding carboxylic acids is 3. The Hall–Kier alpha value is -2.16. The summed E-state index contributed by atoms with van der Waals surface area (Å²) < 4.78 is 24.7. The summed E-state index contributed by atoms with van der Waals surface area (Å²) in [5.74, 6) is -3.37. The van der Waals surface area contributed by atoms with Crippen molar-refractivity contribution in [2.24, 2.45) is 0 Å². The number of anilines is 1. The molecule has 1 saturated carbocycles. The van der Waals surface area contributed by atoms with Crippen molar-refractivity contribution in [3.05, 3.63) is 24.3 Å². The Balaban J connectivity index is 1.60. The van der Waals surface area contributed by atoms with Gasteiger partial charge < -0.3 is 10.6 Å². The van der Waals surface area contributed by atoms with Gasteiger partial charge >= 0.3 is 6.03 Å². The average Bonchev–Trinajstić information content (AvgIpc) is 2.79. The summed E-state index contributed by atoms with van der Waals surface area (Å²) >= 11 is 0.415. The Morgan fingerprint density at radius 1 is 1.15 bits per heavy atom. The molecular formula is C18H21F2N3O3S. The van der Waals surface area contributed by atoms with Gasteiger partial charge in [0.25, 0.3) is 11.7 Å². The van der Waals surface area contributed by atoms with Crippen LogP contribution in [0.3, 0.4) is 0 Å². The average molecular weight is 397 g/mol. The minimum atomic E-state index is -2.51. The second-order valence-corrected chi connectivity index (χ2v) is 7.83. The monoisotopic (exact) mass is 397 g/mol. The molecule has 1 aromatic carbocycles. The molecule has 0 radical (unpaired) electrons. The number of imide groups is 1. The third kappa shape index (κ3) is 4.58. The largest absolute Gasteiger partial charge is 0.325 e. The molecule has 0 atom stereocenters. The zero-order valence-electron chi connectivity index (χ0n) is 14.7. The summed E-state index contributed by atoms with van der Waals surface area (Å²) in [5.41, 5.74) is -0.461. The fraction of sp³-hybridized carbons (Fsp3) is 0.500. The lowest BCUT2D eigenvalue weighted by atomic mass is 9.90. The Morgan fingerprint density at radius 2 is 1.78 bits per heavy atom. The first kappa shape index (κ1) is 19.6. The number of hydrogen-bond donors (Lipinski definition) is 2. The van der Waals surface area contributed by atoms with Crippen molar-refractivity contribution in [3.63, 3.8) is 0 Å². The first-order valence-electron chi connectivity index (χ1n) is 8.88. The van der Waals surface area contributed by atoms with Crippen LogP contribution < -0.4 is 10.6 Å². The summed E-state index contributed by atoms with van der Waals surface area (Å²) in [6, 6.07) is 5.41. The van der Waals surface area contributed by atoms with Crippen LogP contribution in [0.4, 0.5) is 19.3 Å². The minimum absolute atomic E-state index is 0.340. The first-order valence-corrected chi connectivity index (χ1v) is 9.76. The number of nitrogens with zero attached hydrogens (tertiary/aromatic N) is 1. The Bertz CT molecular complexity index is 719. The van der Waals surface area contributed by atoms with Crippen LogP contribution in [0, 0.1) is 0 Å². The molecular weight excluding hydrogens is 376 g/mol. The maximum atomic E-state index is 12.8. The van der Waals surface area contributed by atoms with E-state index in [1.54, 1.807) is 0 Å². The molecule has 6 nitrogen and oxygen atoms in total. The van der Waals surface area contributed by atoms with Crippen LogP contribution in [0.15, 0.2) is 29.2 Å². The van der Waals surface area contributed by atoms with E-state index in [0.717, 1.165) is 30.6 Å². The normalized spacial score (nSPS) is 19.3. The van der Waals surface area contributed by atoms with E-state index in [4.69, 9.17) is 0 Å². The molecule has 2 fully saturated rings. The molecule has 27 heavy (non-hydrogen) atoms. The van der Waals surface area contributed by atoms with Crippen molar-refractivity contribution in [1.82, 2.24) is 10.2 Å². The fourth-order valence-electron chi connectivity index (χ4n) is 3.55. The Labute approximate surface area is 160 Å². The van der Waals surface area contributed by atoms with Crippen LogP contribution in [-0.2, 0) is 9.59 Å². The molecule has 1 heterocycles. The van der Waals surface area contributed by atoms with Crippen molar-refractivity contribution in [3.8, 4) is 0 Å². The van der Waals surface area contributed by atoms with Crippen LogP contribution in [0.25, 0.3) is 0 Å². The molecule has 1 aromatic rings. The van der Waals surface area contributed by atoms with Crippen molar-refractivity contribution in [2.75, 3.05) is 11.9 Å². The van der Waals surface area contributed by atoms with Gasteiger partial charge in [0.1, 0.15) is 12.1 Å². The number of halogens is 2. The number of alkyl halides is 2. The van der Waals surface area contributed by atoms with Gasteiger partial charge in [0.05, 0.1) is 0 Å². The number of urea groups is 1. The van der Waals surface area contributed by atoms with Gasteiger partial charge in [-0.05, 0) is 37.1 Å². The van der Waals surface area contributed by atoms with Crippen molar-refractivity contribution in [1.29, 1.82) is 0 Å². The lowest BCUT2D eigenvalue weighted by molar-refractivity contribution is -0.134.